The number of amides is 1. The quantitative estimate of drug-likeness (QED) is 0.603. The highest BCUT2D eigenvalue weighted by molar-refractivity contribution is 5.88. The fraction of sp³-hybridized carbons (Fsp3) is 0.385. The van der Waals surface area contributed by atoms with E-state index in [2.05, 4.69) is 65.3 Å². The molecule has 0 N–H and O–H groups in total. The molecule has 1 aromatic heterocycles. The van der Waals surface area contributed by atoms with Gasteiger partial charge in [-0.25, -0.2) is 0 Å². The summed E-state index contributed by atoms with van der Waals surface area (Å²) in [6.07, 6.45) is 7.50. The SMILES string of the molecule is Cc1nccc2cc(-c3ccc(CC4CCN(C(=O)C5CC5)CC4)cc3)ccc12. The number of likely N-dealkylation sites (tertiary alicyclic amines) is 1. The van der Waals surface area contributed by atoms with Crippen LogP contribution in [0.2, 0.25) is 0 Å². The summed E-state index contributed by atoms with van der Waals surface area (Å²) in [5.74, 6) is 1.46. The van der Waals surface area contributed by atoms with E-state index in [1.54, 1.807) is 0 Å². The summed E-state index contributed by atoms with van der Waals surface area (Å²) in [4.78, 5) is 18.7. The Morgan fingerprint density at radius 1 is 0.966 bits per heavy atom. The molecule has 3 aromatic rings. The molecule has 0 atom stereocenters. The molecule has 29 heavy (non-hydrogen) atoms. The van der Waals surface area contributed by atoms with Gasteiger partial charge in [0.1, 0.15) is 0 Å². The summed E-state index contributed by atoms with van der Waals surface area (Å²) < 4.78 is 0. The summed E-state index contributed by atoms with van der Waals surface area (Å²) in [5, 5.41) is 2.46. The van der Waals surface area contributed by atoms with Gasteiger partial charge in [-0.15, -0.1) is 0 Å². The van der Waals surface area contributed by atoms with E-state index in [1.165, 1.54) is 27.5 Å². The number of carbonyl (C=O) groups is 1. The van der Waals surface area contributed by atoms with Crippen LogP contribution in [0.25, 0.3) is 21.9 Å². The van der Waals surface area contributed by atoms with Gasteiger partial charge < -0.3 is 4.90 Å². The van der Waals surface area contributed by atoms with Crippen LogP contribution in [0.3, 0.4) is 0 Å². The minimum absolute atomic E-state index is 0.356. The lowest BCUT2D eigenvalue weighted by atomic mass is 9.89. The number of pyridine rings is 1. The van der Waals surface area contributed by atoms with Crippen LogP contribution < -0.4 is 0 Å². The van der Waals surface area contributed by atoms with Crippen molar-refractivity contribution in [1.82, 2.24) is 9.88 Å². The minimum atomic E-state index is 0.356. The van der Waals surface area contributed by atoms with E-state index in [0.717, 1.165) is 50.9 Å². The van der Waals surface area contributed by atoms with Crippen LogP contribution >= 0.6 is 0 Å². The summed E-state index contributed by atoms with van der Waals surface area (Å²) in [7, 11) is 0. The van der Waals surface area contributed by atoms with E-state index >= 15 is 0 Å². The van der Waals surface area contributed by atoms with Gasteiger partial charge in [0.2, 0.25) is 5.91 Å². The van der Waals surface area contributed by atoms with Gasteiger partial charge in [-0.3, -0.25) is 9.78 Å². The van der Waals surface area contributed by atoms with Crippen molar-refractivity contribution in [2.45, 2.75) is 39.0 Å². The van der Waals surface area contributed by atoms with Crippen LogP contribution in [-0.4, -0.2) is 28.9 Å². The van der Waals surface area contributed by atoms with Gasteiger partial charge in [0, 0.05) is 36.3 Å². The van der Waals surface area contributed by atoms with Gasteiger partial charge in [-0.2, -0.15) is 0 Å². The third kappa shape index (κ3) is 3.91. The van der Waals surface area contributed by atoms with Gasteiger partial charge >= 0.3 is 0 Å². The molecule has 148 valence electrons. The second-order valence-electron chi connectivity index (χ2n) is 8.78. The van der Waals surface area contributed by atoms with Crippen LogP contribution in [-0.2, 0) is 11.2 Å². The molecule has 2 aliphatic rings. The fourth-order valence-electron chi connectivity index (χ4n) is 4.62. The number of rotatable bonds is 4. The third-order valence-corrected chi connectivity index (χ3v) is 6.63. The first-order valence-corrected chi connectivity index (χ1v) is 10.9. The van der Waals surface area contributed by atoms with Crippen LogP contribution in [0, 0.1) is 18.8 Å². The second-order valence-corrected chi connectivity index (χ2v) is 8.78. The second kappa shape index (κ2) is 7.62. The zero-order valence-electron chi connectivity index (χ0n) is 17.1. The van der Waals surface area contributed by atoms with Crippen LogP contribution in [0.15, 0.2) is 54.7 Å². The number of carbonyl (C=O) groups excluding carboxylic acids is 1. The molecular weight excluding hydrogens is 356 g/mol. The first-order valence-electron chi connectivity index (χ1n) is 10.9. The maximum absolute atomic E-state index is 12.2. The molecule has 0 spiro atoms. The molecule has 5 rings (SSSR count). The summed E-state index contributed by atoms with van der Waals surface area (Å²) >= 11 is 0. The standard InChI is InChI=1S/C26H28N2O/c1-18-25-9-8-23(17-24(25)10-13-27-18)21-4-2-19(3-5-21)16-20-11-14-28(15-12-20)26(29)22-6-7-22/h2-5,8-10,13,17,20,22H,6-7,11-12,14-16H2,1H3. The van der Waals surface area contributed by atoms with E-state index < -0.39 is 0 Å². The molecule has 1 aliphatic heterocycles. The van der Waals surface area contributed by atoms with Gasteiger partial charge in [0.25, 0.3) is 0 Å². The van der Waals surface area contributed by atoms with E-state index in [-0.39, 0.29) is 0 Å². The predicted octanol–water partition coefficient (Wildman–Crippen LogP) is 5.40. The van der Waals surface area contributed by atoms with Crippen molar-refractivity contribution in [1.29, 1.82) is 0 Å². The normalized spacial score (nSPS) is 17.6. The Morgan fingerprint density at radius 3 is 2.41 bits per heavy atom. The summed E-state index contributed by atoms with van der Waals surface area (Å²) in [5.41, 5.74) is 4.99. The molecule has 1 saturated heterocycles. The Morgan fingerprint density at radius 2 is 1.69 bits per heavy atom. The van der Waals surface area contributed by atoms with Gasteiger partial charge in [-0.05, 0) is 79.2 Å². The average Bonchev–Trinajstić information content (AvgIpc) is 3.60. The Hall–Kier alpha value is -2.68. The molecule has 0 bridgehead atoms. The summed E-state index contributed by atoms with van der Waals surface area (Å²) in [6, 6.07) is 17.8. The zero-order chi connectivity index (χ0) is 19.8. The molecule has 1 saturated carbocycles. The van der Waals surface area contributed by atoms with E-state index in [4.69, 9.17) is 0 Å². The number of piperidine rings is 1. The average molecular weight is 385 g/mol. The Balaban J connectivity index is 1.23. The van der Waals surface area contributed by atoms with Gasteiger partial charge in [0.15, 0.2) is 0 Å². The van der Waals surface area contributed by atoms with Gasteiger partial charge in [0.05, 0.1) is 0 Å². The lowest BCUT2D eigenvalue weighted by Crippen LogP contribution is -2.39. The zero-order valence-corrected chi connectivity index (χ0v) is 17.1. The van der Waals surface area contributed by atoms with Crippen molar-refractivity contribution in [3.63, 3.8) is 0 Å². The van der Waals surface area contributed by atoms with Crippen molar-refractivity contribution in [2.24, 2.45) is 11.8 Å². The number of aryl methyl sites for hydroxylation is 1. The molecule has 2 fully saturated rings. The maximum Gasteiger partial charge on any atom is 0.225 e. The van der Waals surface area contributed by atoms with Crippen molar-refractivity contribution in [2.75, 3.05) is 13.1 Å². The molecule has 3 heteroatoms. The molecule has 2 aromatic carbocycles. The number of aromatic nitrogens is 1. The van der Waals surface area contributed by atoms with Crippen LogP contribution in [0.1, 0.15) is 36.9 Å². The first kappa shape index (κ1) is 18.4. The Bertz CT molecular complexity index is 1030. The highest BCUT2D eigenvalue weighted by atomic mass is 16.2. The van der Waals surface area contributed by atoms with E-state index in [0.29, 0.717) is 17.7 Å². The van der Waals surface area contributed by atoms with Crippen molar-refractivity contribution >= 4 is 16.7 Å². The Labute approximate surface area is 172 Å². The van der Waals surface area contributed by atoms with E-state index in [9.17, 15) is 4.79 Å². The highest BCUT2D eigenvalue weighted by Gasteiger charge is 2.34. The number of hydrogen-bond donors (Lipinski definition) is 0. The molecule has 1 amide bonds. The summed E-state index contributed by atoms with van der Waals surface area (Å²) in [6.45, 7) is 3.95. The largest absolute Gasteiger partial charge is 0.342 e. The number of fused-ring (bicyclic) bond motifs is 1. The molecule has 3 nitrogen and oxygen atoms in total. The lowest BCUT2D eigenvalue weighted by Gasteiger charge is -2.32. The molecule has 1 aliphatic carbocycles. The first-order chi connectivity index (χ1) is 14.2. The van der Waals surface area contributed by atoms with Gasteiger partial charge in [-0.1, -0.05) is 36.4 Å². The number of hydrogen-bond acceptors (Lipinski definition) is 2. The fourth-order valence-corrected chi connectivity index (χ4v) is 4.62. The van der Waals surface area contributed by atoms with Crippen LogP contribution in [0.5, 0.6) is 0 Å². The molecule has 0 unspecified atom stereocenters. The highest BCUT2D eigenvalue weighted by Crippen LogP contribution is 2.33. The number of benzene rings is 2. The van der Waals surface area contributed by atoms with Crippen molar-refractivity contribution < 1.29 is 4.79 Å². The van der Waals surface area contributed by atoms with Crippen molar-refractivity contribution in [3.05, 3.63) is 66.0 Å². The predicted molar refractivity (Wildman–Crippen MR) is 118 cm³/mol. The van der Waals surface area contributed by atoms with Crippen LogP contribution in [0.4, 0.5) is 0 Å². The van der Waals surface area contributed by atoms with E-state index in [1.807, 2.05) is 6.20 Å². The molecule has 2 heterocycles. The lowest BCUT2D eigenvalue weighted by molar-refractivity contribution is -0.133. The minimum Gasteiger partial charge on any atom is -0.342 e. The third-order valence-electron chi connectivity index (χ3n) is 6.63. The molecular formula is C26H28N2O. The number of nitrogens with zero attached hydrogens (tertiary/aromatic N) is 2. The monoisotopic (exact) mass is 384 g/mol. The Kier molecular flexibility index (Phi) is 4.83. The molecule has 0 radical (unpaired) electrons. The maximum atomic E-state index is 12.2. The smallest absolute Gasteiger partial charge is 0.225 e. The van der Waals surface area contributed by atoms with Crippen molar-refractivity contribution in [3.8, 4) is 11.1 Å². The topological polar surface area (TPSA) is 33.2 Å².